The van der Waals surface area contributed by atoms with E-state index in [1.54, 1.807) is 0 Å². The molecule has 1 aliphatic heterocycles. The summed E-state index contributed by atoms with van der Waals surface area (Å²) in [6, 6.07) is -1.58. The van der Waals surface area contributed by atoms with Gasteiger partial charge in [0.15, 0.2) is 0 Å². The molecule has 1 heterocycles. The smallest absolute Gasteiger partial charge is 0.340 e. The summed E-state index contributed by atoms with van der Waals surface area (Å²) >= 11 is 0. The van der Waals surface area contributed by atoms with Gasteiger partial charge in [-0.15, -0.1) is 0 Å². The number of amides is 4. The molecule has 0 bridgehead atoms. The van der Waals surface area contributed by atoms with E-state index in [-0.39, 0.29) is 0 Å². The Morgan fingerprint density at radius 3 is 1.50 bits per heavy atom. The molecule has 1 aliphatic rings. The highest BCUT2D eigenvalue weighted by Gasteiger charge is 2.13. The minimum atomic E-state index is -0.792. The SMILES string of the molecule is NC(=O)N1C=CN(C(N)=O)N=N1. The van der Waals surface area contributed by atoms with E-state index in [0.717, 1.165) is 10.0 Å². The van der Waals surface area contributed by atoms with Crippen LogP contribution in [0.25, 0.3) is 0 Å². The zero-order valence-corrected chi connectivity index (χ0v) is 5.91. The fourth-order valence-electron chi connectivity index (χ4n) is 0.507. The Morgan fingerprint density at radius 1 is 1.00 bits per heavy atom. The van der Waals surface area contributed by atoms with Gasteiger partial charge in [-0.3, -0.25) is 0 Å². The summed E-state index contributed by atoms with van der Waals surface area (Å²) in [5, 5.41) is 8.03. The molecule has 0 spiro atoms. The van der Waals surface area contributed by atoms with Crippen LogP contribution in [0, 0.1) is 0 Å². The molecule has 0 fully saturated rings. The number of carbonyl (C=O) groups excluding carboxylic acids is 2. The van der Waals surface area contributed by atoms with Crippen LogP contribution >= 0.6 is 0 Å². The highest BCUT2D eigenvalue weighted by molar-refractivity contribution is 5.74. The summed E-state index contributed by atoms with van der Waals surface area (Å²) < 4.78 is 0. The zero-order valence-electron chi connectivity index (χ0n) is 5.91. The van der Waals surface area contributed by atoms with Crippen molar-refractivity contribution in [3.63, 3.8) is 0 Å². The van der Waals surface area contributed by atoms with Gasteiger partial charge < -0.3 is 11.5 Å². The lowest BCUT2D eigenvalue weighted by Gasteiger charge is -2.15. The first-order valence-corrected chi connectivity index (χ1v) is 2.88. The Bertz CT molecular complexity index is 231. The van der Waals surface area contributed by atoms with Gasteiger partial charge in [-0.05, 0) is 10.4 Å². The third-order valence-corrected chi connectivity index (χ3v) is 1.03. The fraction of sp³-hybridized carbons (Fsp3) is 0. The highest BCUT2D eigenvalue weighted by Crippen LogP contribution is 2.03. The minimum Gasteiger partial charge on any atom is -0.350 e. The number of nitrogens with zero attached hydrogens (tertiary/aromatic N) is 4. The molecule has 0 saturated carbocycles. The summed E-state index contributed by atoms with van der Waals surface area (Å²) in [6.45, 7) is 0. The van der Waals surface area contributed by atoms with Gasteiger partial charge in [0.2, 0.25) is 0 Å². The monoisotopic (exact) mass is 170 g/mol. The standard InChI is InChI=1S/C4H6N6O2/c5-3(11)9-1-2-10(4(6)12)8-7-9/h1-2H,(H2,5,11)(H2,6,12). The third kappa shape index (κ3) is 1.48. The van der Waals surface area contributed by atoms with Crippen LogP contribution in [0.1, 0.15) is 0 Å². The molecule has 0 unspecified atom stereocenters. The molecule has 0 saturated heterocycles. The molecular weight excluding hydrogens is 164 g/mol. The molecular formula is C4H6N6O2. The highest BCUT2D eigenvalue weighted by atomic mass is 16.2. The van der Waals surface area contributed by atoms with E-state index in [2.05, 4.69) is 10.4 Å². The molecule has 0 aromatic carbocycles. The van der Waals surface area contributed by atoms with Crippen LogP contribution < -0.4 is 11.5 Å². The predicted octanol–water partition coefficient (Wildman–Crippen LogP) is -0.485. The summed E-state index contributed by atoms with van der Waals surface area (Å²) in [6.07, 6.45) is 2.33. The maximum atomic E-state index is 10.4. The first kappa shape index (κ1) is 7.98. The first-order valence-electron chi connectivity index (χ1n) is 2.88. The molecule has 12 heavy (non-hydrogen) atoms. The van der Waals surface area contributed by atoms with Crippen LogP contribution in [-0.4, -0.2) is 22.1 Å². The van der Waals surface area contributed by atoms with Crippen molar-refractivity contribution in [2.24, 2.45) is 21.9 Å². The van der Waals surface area contributed by atoms with Crippen molar-refractivity contribution in [2.45, 2.75) is 0 Å². The number of hydrogen-bond donors (Lipinski definition) is 2. The minimum absolute atomic E-state index is 0.763. The number of urea groups is 2. The fourth-order valence-corrected chi connectivity index (χ4v) is 0.507. The van der Waals surface area contributed by atoms with Crippen LogP contribution in [0.5, 0.6) is 0 Å². The molecule has 0 radical (unpaired) electrons. The van der Waals surface area contributed by atoms with E-state index < -0.39 is 12.1 Å². The van der Waals surface area contributed by atoms with Gasteiger partial charge in [0.1, 0.15) is 0 Å². The van der Waals surface area contributed by atoms with Crippen LogP contribution in [0.4, 0.5) is 9.59 Å². The molecule has 64 valence electrons. The predicted molar refractivity (Wildman–Crippen MR) is 36.8 cm³/mol. The van der Waals surface area contributed by atoms with E-state index in [0.29, 0.717) is 0 Å². The average Bonchev–Trinajstić information content (AvgIpc) is 2.04. The Morgan fingerprint density at radius 2 is 1.33 bits per heavy atom. The van der Waals surface area contributed by atoms with Crippen LogP contribution in [0.3, 0.4) is 0 Å². The molecule has 0 aromatic rings. The lowest BCUT2D eigenvalue weighted by Crippen LogP contribution is -2.33. The van der Waals surface area contributed by atoms with Crippen molar-refractivity contribution in [2.75, 3.05) is 0 Å². The lowest BCUT2D eigenvalue weighted by molar-refractivity contribution is 0.200. The van der Waals surface area contributed by atoms with E-state index in [4.69, 9.17) is 11.5 Å². The molecule has 8 nitrogen and oxygen atoms in total. The second kappa shape index (κ2) is 2.86. The summed E-state index contributed by atoms with van der Waals surface area (Å²) in [5.74, 6) is 0. The zero-order chi connectivity index (χ0) is 9.14. The van der Waals surface area contributed by atoms with Crippen LogP contribution in [-0.2, 0) is 0 Å². The van der Waals surface area contributed by atoms with E-state index in [1.807, 2.05) is 0 Å². The number of rotatable bonds is 0. The summed E-state index contributed by atoms with van der Waals surface area (Å²) in [4.78, 5) is 20.9. The molecule has 0 aliphatic carbocycles. The van der Waals surface area contributed by atoms with Gasteiger partial charge in [-0.1, -0.05) is 0 Å². The average molecular weight is 170 g/mol. The largest absolute Gasteiger partial charge is 0.350 e. The number of nitrogens with two attached hydrogens (primary N) is 2. The van der Waals surface area contributed by atoms with Gasteiger partial charge in [-0.25, -0.2) is 9.59 Å². The maximum Gasteiger partial charge on any atom is 0.340 e. The first-order chi connectivity index (χ1) is 5.61. The number of primary amides is 2. The maximum absolute atomic E-state index is 10.4. The second-order valence-electron chi connectivity index (χ2n) is 1.84. The van der Waals surface area contributed by atoms with Gasteiger partial charge >= 0.3 is 12.1 Å². The lowest BCUT2D eigenvalue weighted by atomic mass is 10.7. The molecule has 0 atom stereocenters. The van der Waals surface area contributed by atoms with Crippen molar-refractivity contribution >= 4 is 12.1 Å². The van der Waals surface area contributed by atoms with Crippen molar-refractivity contribution in [1.29, 1.82) is 0 Å². The second-order valence-corrected chi connectivity index (χ2v) is 1.84. The Balaban J connectivity index is 2.66. The van der Waals surface area contributed by atoms with Crippen LogP contribution in [0.15, 0.2) is 22.8 Å². The Labute approximate surface area is 67.0 Å². The van der Waals surface area contributed by atoms with Gasteiger partial charge in [0, 0.05) is 0 Å². The summed E-state index contributed by atoms with van der Waals surface area (Å²) in [5.41, 5.74) is 9.67. The van der Waals surface area contributed by atoms with E-state index in [1.165, 1.54) is 12.4 Å². The molecule has 8 heteroatoms. The van der Waals surface area contributed by atoms with Gasteiger partial charge in [0.05, 0.1) is 12.4 Å². The van der Waals surface area contributed by atoms with E-state index >= 15 is 0 Å². The number of carbonyl (C=O) groups is 2. The van der Waals surface area contributed by atoms with Crippen LogP contribution in [0.2, 0.25) is 0 Å². The normalized spacial score (nSPS) is 15.0. The van der Waals surface area contributed by atoms with Gasteiger partial charge in [-0.2, -0.15) is 10.0 Å². The van der Waals surface area contributed by atoms with Crippen molar-refractivity contribution in [1.82, 2.24) is 10.0 Å². The quantitative estimate of drug-likeness (QED) is 0.510. The Hall–Kier alpha value is -2.12. The topological polar surface area (TPSA) is 117 Å². The third-order valence-electron chi connectivity index (χ3n) is 1.03. The molecule has 1 rings (SSSR count). The van der Waals surface area contributed by atoms with E-state index in [9.17, 15) is 9.59 Å². The van der Waals surface area contributed by atoms with Crippen molar-refractivity contribution in [3.05, 3.63) is 12.4 Å². The molecule has 0 aromatic heterocycles. The molecule has 4 amide bonds. The number of hydrogen-bond acceptors (Lipinski definition) is 4. The summed E-state index contributed by atoms with van der Waals surface area (Å²) in [7, 11) is 0. The Kier molecular flexibility index (Phi) is 1.90. The van der Waals surface area contributed by atoms with Crippen molar-refractivity contribution in [3.8, 4) is 0 Å². The van der Waals surface area contributed by atoms with Crippen molar-refractivity contribution < 1.29 is 9.59 Å². The molecule has 4 N–H and O–H groups in total. The van der Waals surface area contributed by atoms with Gasteiger partial charge in [0.25, 0.3) is 0 Å².